The van der Waals surface area contributed by atoms with Gasteiger partial charge in [-0.1, -0.05) is 24.3 Å². The predicted molar refractivity (Wildman–Crippen MR) is 221 cm³/mol. The number of pyridine rings is 1. The molecule has 60 heavy (non-hydrogen) atoms. The molecule has 0 spiro atoms. The molecule has 1 aromatic heterocycles. The number of carbonyl (C=O) groups excluding carboxylic acids is 4. The Bertz CT molecular complexity index is 2260. The molecule has 1 N–H and O–H groups in total. The lowest BCUT2D eigenvalue weighted by Crippen LogP contribution is -2.58. The van der Waals surface area contributed by atoms with Crippen molar-refractivity contribution < 1.29 is 37.1 Å². The molecule has 0 radical (unpaired) electrons. The van der Waals surface area contributed by atoms with Gasteiger partial charge in [0.05, 0.1) is 24.0 Å². The fourth-order valence-electron chi connectivity index (χ4n) is 8.53. The predicted octanol–water partition coefficient (Wildman–Crippen LogP) is 5.95. The highest BCUT2D eigenvalue weighted by molar-refractivity contribution is 7.81. The van der Waals surface area contributed by atoms with E-state index < -0.39 is 28.9 Å². The summed E-state index contributed by atoms with van der Waals surface area (Å²) in [7, 11) is 0. The smallest absolute Gasteiger partial charge is 0.419 e. The van der Waals surface area contributed by atoms with Crippen molar-refractivity contribution in [2.75, 3.05) is 42.6 Å². The van der Waals surface area contributed by atoms with Crippen LogP contribution in [0.2, 0.25) is 0 Å². The van der Waals surface area contributed by atoms with Gasteiger partial charge in [-0.3, -0.25) is 39.2 Å². The number of benzene rings is 2. The molecular formula is C44H48F3N7O5S. The zero-order valence-corrected chi connectivity index (χ0v) is 34.9. The van der Waals surface area contributed by atoms with Crippen LogP contribution in [0.5, 0.6) is 5.75 Å². The number of hydrogen-bond donors (Lipinski definition) is 1. The van der Waals surface area contributed by atoms with Crippen molar-refractivity contribution in [3.05, 3.63) is 82.7 Å². The maximum absolute atomic E-state index is 13.8. The number of ether oxygens (including phenoxy) is 1. The number of nitrogens with one attached hydrogen (secondary N) is 1. The Morgan fingerprint density at radius 2 is 1.72 bits per heavy atom. The number of aromatic nitrogens is 1. The van der Waals surface area contributed by atoms with Crippen LogP contribution in [-0.2, 0) is 38.2 Å². The number of nitrogens with zero attached hydrogens (tertiary/aromatic N) is 6. The molecule has 7 rings (SSSR count). The second kappa shape index (κ2) is 17.0. The summed E-state index contributed by atoms with van der Waals surface area (Å²) in [5, 5.41) is 11.6. The Kier molecular flexibility index (Phi) is 12.2. The van der Waals surface area contributed by atoms with Gasteiger partial charge in [0, 0.05) is 56.2 Å². The van der Waals surface area contributed by atoms with Crippen LogP contribution < -0.4 is 19.9 Å². The van der Waals surface area contributed by atoms with Gasteiger partial charge in [0.15, 0.2) is 16.6 Å². The summed E-state index contributed by atoms with van der Waals surface area (Å²) in [6, 6.07) is 15.9. The number of carbonyl (C=O) groups is 4. The molecular weight excluding hydrogens is 796 g/mol. The minimum atomic E-state index is -4.85. The minimum absolute atomic E-state index is 0.000216. The summed E-state index contributed by atoms with van der Waals surface area (Å²) in [5.41, 5.74) is 0.0291. The van der Waals surface area contributed by atoms with Gasteiger partial charge in [0.25, 0.3) is 5.91 Å². The van der Waals surface area contributed by atoms with Crippen molar-refractivity contribution in [2.24, 2.45) is 5.92 Å². The van der Waals surface area contributed by atoms with Gasteiger partial charge >= 0.3 is 6.18 Å². The van der Waals surface area contributed by atoms with Crippen molar-refractivity contribution in [1.82, 2.24) is 20.1 Å². The maximum Gasteiger partial charge on any atom is 0.419 e. The summed E-state index contributed by atoms with van der Waals surface area (Å²) in [6.45, 7) is 10.5. The highest BCUT2D eigenvalue weighted by Gasteiger charge is 2.51. The molecule has 1 saturated carbocycles. The molecule has 4 heterocycles. The van der Waals surface area contributed by atoms with E-state index in [0.29, 0.717) is 51.1 Å². The molecule has 1 aliphatic carbocycles. The molecule has 16 heteroatoms. The molecule has 3 aromatic rings. The standard InChI is InChI=1S/C44H48F3N7O5S/c1-26-24-52(25-34(55)18-29-7-5-6-28(16-29)17-31-10-13-39(56)50-40(31)57)27(2)23-51(26)14-15-59-38-12-11-32(19-35(38)30-8-9-30)54-42(60)53(41(58)43(54,3)4)33-20-36(44(45,46)47)37(21-48)49-22-33/h5-7,11-12,16,19-20,22,26-27,30-31H,8-10,13-15,17-18,23-25H2,1-4H3,(H,50,56,57)/t26-,27-,31?/m1/s1. The summed E-state index contributed by atoms with van der Waals surface area (Å²) in [4.78, 5) is 61.8. The van der Waals surface area contributed by atoms with Crippen LogP contribution in [0.3, 0.4) is 0 Å². The third kappa shape index (κ3) is 9.08. The van der Waals surface area contributed by atoms with Gasteiger partial charge in [-0.05, 0) is 112 Å². The number of amides is 3. The number of piperazine rings is 1. The number of imide groups is 1. The molecule has 3 atom stereocenters. The Morgan fingerprint density at radius 3 is 2.42 bits per heavy atom. The maximum atomic E-state index is 13.8. The first kappa shape index (κ1) is 42.9. The molecule has 3 saturated heterocycles. The molecule has 2 aromatic carbocycles. The average Bonchev–Trinajstić information content (AvgIpc) is 4.01. The number of nitriles is 1. The summed E-state index contributed by atoms with van der Waals surface area (Å²) >= 11 is 5.75. The first-order valence-corrected chi connectivity index (χ1v) is 20.7. The first-order valence-electron chi connectivity index (χ1n) is 20.3. The van der Waals surface area contributed by atoms with Crippen LogP contribution in [0, 0.1) is 17.2 Å². The third-order valence-electron chi connectivity index (χ3n) is 12.0. The van der Waals surface area contributed by atoms with Gasteiger partial charge in [-0.25, -0.2) is 4.98 Å². The van der Waals surface area contributed by atoms with Crippen LogP contribution in [0.1, 0.15) is 87.2 Å². The Hall–Kier alpha value is -5.24. The van der Waals surface area contributed by atoms with Crippen molar-refractivity contribution >= 4 is 52.2 Å². The van der Waals surface area contributed by atoms with E-state index in [2.05, 4.69) is 33.9 Å². The van der Waals surface area contributed by atoms with E-state index in [9.17, 15) is 37.6 Å². The molecule has 3 amide bonds. The van der Waals surface area contributed by atoms with Crippen molar-refractivity contribution in [1.29, 1.82) is 5.26 Å². The summed E-state index contributed by atoms with van der Waals surface area (Å²) < 4.78 is 47.8. The summed E-state index contributed by atoms with van der Waals surface area (Å²) in [6.07, 6.45) is -0.160. The number of thiocarbonyl (C=S) groups is 1. The van der Waals surface area contributed by atoms with E-state index in [-0.39, 0.29) is 52.3 Å². The Morgan fingerprint density at radius 1 is 1.00 bits per heavy atom. The van der Waals surface area contributed by atoms with E-state index >= 15 is 0 Å². The second-order valence-electron chi connectivity index (χ2n) is 16.9. The fraction of sp³-hybridized carbons (Fsp3) is 0.477. The summed E-state index contributed by atoms with van der Waals surface area (Å²) in [5.74, 6) is -0.139. The SMILES string of the molecule is C[C@@H]1CN(CC(=O)Cc2cccc(CC3CCC(=O)NC3=O)c2)[C@H](C)CN1CCOc1ccc(N2C(=S)N(c3cnc(C#N)c(C(F)(F)F)c3)C(=O)C2(C)C)cc1C1CC1. The van der Waals surface area contributed by atoms with E-state index in [1.54, 1.807) is 24.8 Å². The number of piperidine rings is 1. The number of ketones is 1. The van der Waals surface area contributed by atoms with Crippen LogP contribution in [0.15, 0.2) is 54.7 Å². The van der Waals surface area contributed by atoms with Gasteiger partial charge < -0.3 is 9.64 Å². The van der Waals surface area contributed by atoms with Gasteiger partial charge in [0.1, 0.15) is 24.0 Å². The third-order valence-corrected chi connectivity index (χ3v) is 12.3. The fourth-order valence-corrected chi connectivity index (χ4v) is 9.05. The molecule has 316 valence electrons. The van der Waals surface area contributed by atoms with Gasteiger partial charge in [-0.2, -0.15) is 18.4 Å². The normalized spacial score (nSPS) is 22.5. The molecule has 4 aliphatic rings. The lowest BCUT2D eigenvalue weighted by atomic mass is 9.90. The number of halogens is 3. The zero-order valence-electron chi connectivity index (χ0n) is 34.1. The van der Waals surface area contributed by atoms with Gasteiger partial charge in [-0.15, -0.1) is 0 Å². The van der Waals surface area contributed by atoms with Crippen molar-refractivity contribution in [3.63, 3.8) is 0 Å². The van der Waals surface area contributed by atoms with Crippen LogP contribution >= 0.6 is 12.2 Å². The quantitative estimate of drug-likeness (QED) is 0.162. The topological polar surface area (TPSA) is 139 Å². The van der Waals surface area contributed by atoms with Crippen molar-refractivity contribution in [2.45, 2.75) is 95.9 Å². The van der Waals surface area contributed by atoms with E-state index in [4.69, 9.17) is 17.0 Å². The Balaban J connectivity index is 0.947. The highest BCUT2D eigenvalue weighted by atomic mass is 32.1. The monoisotopic (exact) mass is 843 g/mol. The number of anilines is 2. The van der Waals surface area contributed by atoms with Crippen molar-refractivity contribution in [3.8, 4) is 11.8 Å². The van der Waals surface area contributed by atoms with Crippen LogP contribution in [0.25, 0.3) is 0 Å². The number of hydrogen-bond acceptors (Lipinski definition) is 10. The second-order valence-corrected chi connectivity index (χ2v) is 17.2. The molecule has 0 bridgehead atoms. The largest absolute Gasteiger partial charge is 0.492 e. The van der Waals surface area contributed by atoms with E-state index in [0.717, 1.165) is 65.5 Å². The van der Waals surface area contributed by atoms with E-state index in [1.807, 2.05) is 36.4 Å². The lowest BCUT2D eigenvalue weighted by molar-refractivity contribution is -0.138. The molecule has 4 fully saturated rings. The van der Waals surface area contributed by atoms with E-state index in [1.165, 1.54) is 6.07 Å². The zero-order chi connectivity index (χ0) is 43.1. The first-order chi connectivity index (χ1) is 28.4. The number of Topliss-reactive ketones (excluding diaryl/α,β-unsaturated/α-hetero) is 1. The molecule has 3 aliphatic heterocycles. The molecule has 1 unspecified atom stereocenters. The average molecular weight is 844 g/mol. The number of alkyl halides is 3. The number of rotatable bonds is 13. The van der Waals surface area contributed by atoms with Crippen LogP contribution in [0.4, 0.5) is 24.5 Å². The van der Waals surface area contributed by atoms with Crippen LogP contribution in [-0.4, -0.2) is 93.8 Å². The van der Waals surface area contributed by atoms with Gasteiger partial charge in [0.2, 0.25) is 11.8 Å². The minimum Gasteiger partial charge on any atom is -0.492 e. The Labute approximate surface area is 352 Å². The molecule has 12 nitrogen and oxygen atoms in total. The lowest BCUT2D eigenvalue weighted by Gasteiger charge is -2.43. The highest BCUT2D eigenvalue weighted by Crippen LogP contribution is 2.47.